The molecule has 0 saturated carbocycles. The molecule has 1 amide bonds. The zero-order chi connectivity index (χ0) is 24.3. The van der Waals surface area contributed by atoms with Gasteiger partial charge in [-0.15, -0.1) is 0 Å². The van der Waals surface area contributed by atoms with E-state index in [2.05, 4.69) is 15.8 Å². The van der Waals surface area contributed by atoms with Crippen LogP contribution in [0.15, 0.2) is 77.9 Å². The molecule has 0 saturated heterocycles. The molecule has 0 spiro atoms. The molecule has 0 aliphatic rings. The van der Waals surface area contributed by atoms with E-state index in [9.17, 15) is 9.59 Å². The molecule has 0 fully saturated rings. The number of carbonyl (C=O) groups excluding carboxylic acids is 2. The summed E-state index contributed by atoms with van der Waals surface area (Å²) in [5.41, 5.74) is 7.20. The fraction of sp³-hybridized carbons (Fsp3) is 0.148. The van der Waals surface area contributed by atoms with Crippen molar-refractivity contribution in [1.82, 2.24) is 5.43 Å². The van der Waals surface area contributed by atoms with Crippen LogP contribution in [0.5, 0.6) is 11.5 Å². The van der Waals surface area contributed by atoms with Crippen molar-refractivity contribution in [2.45, 2.75) is 13.8 Å². The molecule has 2 N–H and O–H groups in total. The van der Waals surface area contributed by atoms with Crippen molar-refractivity contribution in [3.8, 4) is 11.5 Å². The van der Waals surface area contributed by atoms with Gasteiger partial charge >= 0.3 is 5.97 Å². The first-order chi connectivity index (χ1) is 16.4. The highest BCUT2D eigenvalue weighted by atomic mass is 16.5. The van der Waals surface area contributed by atoms with Crippen LogP contribution in [0.25, 0.3) is 6.08 Å². The van der Waals surface area contributed by atoms with Gasteiger partial charge in [0.2, 0.25) is 0 Å². The number of rotatable bonds is 9. The Kier molecular flexibility index (Phi) is 8.57. The second-order valence-corrected chi connectivity index (χ2v) is 7.51. The molecule has 0 radical (unpaired) electrons. The van der Waals surface area contributed by atoms with Gasteiger partial charge in [-0.2, -0.15) is 5.10 Å². The van der Waals surface area contributed by atoms with Crippen molar-refractivity contribution in [2.75, 3.05) is 19.0 Å². The van der Waals surface area contributed by atoms with Crippen molar-refractivity contribution >= 4 is 29.9 Å². The Morgan fingerprint density at radius 3 is 2.15 bits per heavy atom. The van der Waals surface area contributed by atoms with Gasteiger partial charge in [0.15, 0.2) is 0 Å². The van der Waals surface area contributed by atoms with Crippen LogP contribution in [0, 0.1) is 13.8 Å². The molecule has 7 heteroatoms. The minimum absolute atomic E-state index is 0.113. The lowest BCUT2D eigenvalue weighted by Gasteiger charge is -2.11. The monoisotopic (exact) mass is 457 g/mol. The highest BCUT2D eigenvalue weighted by molar-refractivity contribution is 5.89. The molecular formula is C27H27N3O4. The predicted octanol–water partition coefficient (Wildman–Crippen LogP) is 4.49. The van der Waals surface area contributed by atoms with Gasteiger partial charge in [0.05, 0.1) is 19.9 Å². The Hall–Kier alpha value is -4.39. The molecule has 3 aromatic rings. The van der Waals surface area contributed by atoms with Crippen LogP contribution in [-0.4, -0.2) is 31.7 Å². The maximum absolute atomic E-state index is 12.0. The average Bonchev–Trinajstić information content (AvgIpc) is 2.84. The summed E-state index contributed by atoms with van der Waals surface area (Å²) in [5, 5.41) is 7.11. The number of hydrogen-bond donors (Lipinski definition) is 2. The molecule has 0 bridgehead atoms. The topological polar surface area (TPSA) is 89.0 Å². The first-order valence-electron chi connectivity index (χ1n) is 10.7. The number of aryl methyl sites for hydroxylation is 2. The normalized spacial score (nSPS) is 10.9. The number of nitrogens with zero attached hydrogens (tertiary/aromatic N) is 1. The van der Waals surface area contributed by atoms with Crippen molar-refractivity contribution in [3.05, 3.63) is 95.1 Å². The van der Waals surface area contributed by atoms with Crippen LogP contribution in [0.4, 0.5) is 5.69 Å². The fourth-order valence-electron chi connectivity index (χ4n) is 3.13. The van der Waals surface area contributed by atoms with Gasteiger partial charge in [0, 0.05) is 11.8 Å². The quantitative estimate of drug-likeness (QED) is 0.162. The standard InChI is InChI=1S/C27H27N3O4/c1-19-5-4-6-20(2)27(19)28-18-25(31)30-29-17-22-9-14-24(15-10-22)34-26(32)16-11-21-7-12-23(33-3)13-8-21/h4-17,28H,18H2,1-3H3,(H,30,31)/b16-11+,29-17+. The first-order valence-corrected chi connectivity index (χ1v) is 10.7. The second-order valence-electron chi connectivity index (χ2n) is 7.51. The number of hydrazone groups is 1. The summed E-state index contributed by atoms with van der Waals surface area (Å²) in [6, 6.07) is 20.1. The summed E-state index contributed by atoms with van der Waals surface area (Å²) in [6.45, 7) is 4.09. The number of carbonyl (C=O) groups is 2. The van der Waals surface area contributed by atoms with Crippen molar-refractivity contribution in [1.29, 1.82) is 0 Å². The van der Waals surface area contributed by atoms with Crippen molar-refractivity contribution in [2.24, 2.45) is 5.10 Å². The van der Waals surface area contributed by atoms with Gasteiger partial charge in [0.25, 0.3) is 5.91 Å². The number of para-hydroxylation sites is 1. The third kappa shape index (κ3) is 7.34. The molecule has 0 aliphatic heterocycles. The second kappa shape index (κ2) is 12.0. The predicted molar refractivity (Wildman–Crippen MR) is 134 cm³/mol. The van der Waals surface area contributed by atoms with Crippen LogP contribution >= 0.6 is 0 Å². The molecule has 34 heavy (non-hydrogen) atoms. The SMILES string of the molecule is COc1ccc(/C=C/C(=O)Oc2ccc(/C=N/NC(=O)CNc3c(C)cccc3C)cc2)cc1. The lowest BCUT2D eigenvalue weighted by Crippen LogP contribution is -2.26. The van der Waals surface area contributed by atoms with Gasteiger partial charge in [-0.05, 0) is 78.6 Å². The van der Waals surface area contributed by atoms with Crippen molar-refractivity contribution in [3.63, 3.8) is 0 Å². The highest BCUT2D eigenvalue weighted by Gasteiger charge is 2.05. The van der Waals surface area contributed by atoms with Crippen LogP contribution < -0.4 is 20.2 Å². The van der Waals surface area contributed by atoms with Crippen LogP contribution in [0.2, 0.25) is 0 Å². The number of ether oxygens (including phenoxy) is 2. The Balaban J connectivity index is 1.44. The van der Waals surface area contributed by atoms with Gasteiger partial charge < -0.3 is 14.8 Å². The lowest BCUT2D eigenvalue weighted by molar-refractivity contribution is -0.129. The molecule has 174 valence electrons. The maximum Gasteiger partial charge on any atom is 0.336 e. The van der Waals surface area contributed by atoms with E-state index < -0.39 is 5.97 Å². The highest BCUT2D eigenvalue weighted by Crippen LogP contribution is 2.19. The molecule has 0 aromatic heterocycles. The first kappa shape index (κ1) is 24.3. The summed E-state index contributed by atoms with van der Waals surface area (Å²) in [7, 11) is 1.60. The van der Waals surface area contributed by atoms with E-state index in [0.717, 1.165) is 33.7 Å². The molecule has 0 heterocycles. The smallest absolute Gasteiger partial charge is 0.336 e. The van der Waals surface area contributed by atoms with E-state index in [1.807, 2.05) is 56.3 Å². The molecule has 0 aliphatic carbocycles. The van der Waals surface area contributed by atoms with Gasteiger partial charge in [-0.1, -0.05) is 30.3 Å². The summed E-state index contributed by atoms with van der Waals surface area (Å²) in [5.74, 6) is 0.411. The molecule has 0 unspecified atom stereocenters. The number of benzene rings is 3. The van der Waals surface area contributed by atoms with Crippen LogP contribution in [0.3, 0.4) is 0 Å². The van der Waals surface area contributed by atoms with E-state index in [4.69, 9.17) is 9.47 Å². The minimum atomic E-state index is -0.485. The third-order valence-corrected chi connectivity index (χ3v) is 4.94. The Labute approximate surface area is 199 Å². The van der Waals surface area contributed by atoms with Crippen molar-refractivity contribution < 1.29 is 19.1 Å². The summed E-state index contributed by atoms with van der Waals surface area (Å²) < 4.78 is 10.4. The molecule has 7 nitrogen and oxygen atoms in total. The van der Waals surface area contributed by atoms with Gasteiger partial charge in [-0.3, -0.25) is 4.79 Å². The van der Waals surface area contributed by atoms with Crippen LogP contribution in [0.1, 0.15) is 22.3 Å². The average molecular weight is 458 g/mol. The minimum Gasteiger partial charge on any atom is -0.497 e. The summed E-state index contributed by atoms with van der Waals surface area (Å²) >= 11 is 0. The van der Waals surface area contributed by atoms with E-state index in [1.165, 1.54) is 12.3 Å². The lowest BCUT2D eigenvalue weighted by atomic mass is 10.1. The number of nitrogens with one attached hydrogen (secondary N) is 2. The maximum atomic E-state index is 12.0. The summed E-state index contributed by atoms with van der Waals surface area (Å²) in [4.78, 5) is 24.1. The Bertz CT molecular complexity index is 1160. The number of hydrogen-bond acceptors (Lipinski definition) is 6. The zero-order valence-corrected chi connectivity index (χ0v) is 19.4. The zero-order valence-electron chi connectivity index (χ0n) is 19.4. The van der Waals surface area contributed by atoms with E-state index >= 15 is 0 Å². The van der Waals surface area contributed by atoms with Crippen LogP contribution in [-0.2, 0) is 9.59 Å². The van der Waals surface area contributed by atoms with Gasteiger partial charge in [0.1, 0.15) is 11.5 Å². The third-order valence-electron chi connectivity index (χ3n) is 4.94. The summed E-state index contributed by atoms with van der Waals surface area (Å²) in [6.07, 6.45) is 4.55. The fourth-order valence-corrected chi connectivity index (χ4v) is 3.13. The number of esters is 1. The molecule has 3 aromatic carbocycles. The van der Waals surface area contributed by atoms with E-state index in [-0.39, 0.29) is 12.5 Å². The number of anilines is 1. The Morgan fingerprint density at radius 2 is 1.50 bits per heavy atom. The number of methoxy groups -OCH3 is 1. The van der Waals surface area contributed by atoms with E-state index in [1.54, 1.807) is 37.5 Å². The Morgan fingerprint density at radius 1 is 0.882 bits per heavy atom. The van der Waals surface area contributed by atoms with E-state index in [0.29, 0.717) is 5.75 Å². The van der Waals surface area contributed by atoms with Gasteiger partial charge in [-0.25, -0.2) is 10.2 Å². The molecule has 0 atom stereocenters. The number of amides is 1. The molecular weight excluding hydrogens is 430 g/mol. The molecule has 3 rings (SSSR count). The largest absolute Gasteiger partial charge is 0.497 e.